The molecule has 1 heterocycles. The highest BCUT2D eigenvalue weighted by Gasteiger charge is 2.07. The number of hydrogen-bond acceptors (Lipinski definition) is 3. The highest BCUT2D eigenvalue weighted by molar-refractivity contribution is 9.10. The van der Waals surface area contributed by atoms with Gasteiger partial charge in [0, 0.05) is 6.07 Å². The van der Waals surface area contributed by atoms with Gasteiger partial charge in [0.1, 0.15) is 11.6 Å². The second-order valence-corrected chi connectivity index (χ2v) is 4.47. The summed E-state index contributed by atoms with van der Waals surface area (Å²) in [7, 11) is 1.63. The predicted octanol–water partition coefficient (Wildman–Crippen LogP) is 3.01. The van der Waals surface area contributed by atoms with Crippen LogP contribution in [0.2, 0.25) is 0 Å². The predicted molar refractivity (Wildman–Crippen MR) is 67.7 cm³/mol. The maximum absolute atomic E-state index is 5.24. The van der Waals surface area contributed by atoms with Gasteiger partial charge in [0.15, 0.2) is 4.77 Å². The van der Waals surface area contributed by atoms with Crippen LogP contribution in [0.1, 0.15) is 5.82 Å². The molecule has 1 aromatic carbocycles. The van der Waals surface area contributed by atoms with Gasteiger partial charge in [-0.3, -0.25) is 9.67 Å². The Balaban J connectivity index is 2.61. The molecule has 0 aliphatic heterocycles. The summed E-state index contributed by atoms with van der Waals surface area (Å²) >= 11 is 8.57. The van der Waals surface area contributed by atoms with Crippen LogP contribution >= 0.6 is 28.1 Å². The van der Waals surface area contributed by atoms with E-state index in [0.717, 1.165) is 21.7 Å². The van der Waals surface area contributed by atoms with Crippen LogP contribution < -0.4 is 4.74 Å². The first-order chi connectivity index (χ1) is 7.63. The molecule has 84 valence electrons. The van der Waals surface area contributed by atoms with Crippen LogP contribution in [0.5, 0.6) is 5.75 Å². The van der Waals surface area contributed by atoms with Crippen molar-refractivity contribution in [3.05, 3.63) is 33.3 Å². The zero-order chi connectivity index (χ0) is 11.7. The SMILES string of the molecule is COc1cc(-n2c(C)n[nH]c2=S)ccc1Br. The van der Waals surface area contributed by atoms with Crippen molar-refractivity contribution in [2.75, 3.05) is 7.11 Å². The van der Waals surface area contributed by atoms with E-state index in [0.29, 0.717) is 4.77 Å². The van der Waals surface area contributed by atoms with Crippen LogP contribution in [0.25, 0.3) is 5.69 Å². The Morgan fingerprint density at radius 3 is 2.81 bits per heavy atom. The summed E-state index contributed by atoms with van der Waals surface area (Å²) < 4.78 is 8.57. The molecule has 0 unspecified atom stereocenters. The number of nitrogens with one attached hydrogen (secondary N) is 1. The van der Waals surface area contributed by atoms with Crippen molar-refractivity contribution in [3.8, 4) is 11.4 Å². The minimum Gasteiger partial charge on any atom is -0.495 e. The van der Waals surface area contributed by atoms with Gasteiger partial charge in [-0.2, -0.15) is 5.10 Å². The highest BCUT2D eigenvalue weighted by atomic mass is 79.9. The van der Waals surface area contributed by atoms with E-state index in [9.17, 15) is 0 Å². The average Bonchev–Trinajstić information content (AvgIpc) is 2.60. The smallest absolute Gasteiger partial charge is 0.199 e. The zero-order valence-corrected chi connectivity index (χ0v) is 11.2. The summed E-state index contributed by atoms with van der Waals surface area (Å²) in [5.41, 5.74) is 0.927. The molecule has 0 spiro atoms. The number of halogens is 1. The summed E-state index contributed by atoms with van der Waals surface area (Å²) in [5, 5.41) is 6.81. The van der Waals surface area contributed by atoms with Gasteiger partial charge in [0.25, 0.3) is 0 Å². The Bertz CT molecular complexity index is 576. The van der Waals surface area contributed by atoms with E-state index in [4.69, 9.17) is 17.0 Å². The van der Waals surface area contributed by atoms with E-state index in [-0.39, 0.29) is 0 Å². The molecule has 0 fully saturated rings. The van der Waals surface area contributed by atoms with Crippen molar-refractivity contribution >= 4 is 28.1 Å². The van der Waals surface area contributed by atoms with Crippen LogP contribution in [0.3, 0.4) is 0 Å². The maximum atomic E-state index is 5.24. The average molecular weight is 300 g/mol. The molecule has 16 heavy (non-hydrogen) atoms. The molecule has 6 heteroatoms. The first-order valence-electron chi connectivity index (χ1n) is 4.61. The van der Waals surface area contributed by atoms with Gasteiger partial charge in [0.2, 0.25) is 0 Å². The largest absolute Gasteiger partial charge is 0.495 e. The highest BCUT2D eigenvalue weighted by Crippen LogP contribution is 2.27. The lowest BCUT2D eigenvalue weighted by Crippen LogP contribution is -1.98. The normalized spacial score (nSPS) is 10.4. The third kappa shape index (κ3) is 1.90. The van der Waals surface area contributed by atoms with Crippen LogP contribution in [-0.4, -0.2) is 21.9 Å². The molecule has 1 N–H and O–H groups in total. The van der Waals surface area contributed by atoms with Crippen LogP contribution in [-0.2, 0) is 0 Å². The van der Waals surface area contributed by atoms with Gasteiger partial charge >= 0.3 is 0 Å². The lowest BCUT2D eigenvalue weighted by Gasteiger charge is -2.08. The minimum absolute atomic E-state index is 0.571. The van der Waals surface area contributed by atoms with Crippen molar-refractivity contribution in [1.29, 1.82) is 0 Å². The topological polar surface area (TPSA) is 42.8 Å². The fraction of sp³-hybridized carbons (Fsp3) is 0.200. The summed E-state index contributed by atoms with van der Waals surface area (Å²) in [6.45, 7) is 1.89. The van der Waals surface area contributed by atoms with Gasteiger partial charge in [-0.25, -0.2) is 0 Å². The molecule has 0 aliphatic rings. The Morgan fingerprint density at radius 1 is 1.50 bits per heavy atom. The second kappa shape index (κ2) is 4.39. The first-order valence-corrected chi connectivity index (χ1v) is 5.81. The number of aryl methyl sites for hydroxylation is 1. The van der Waals surface area contributed by atoms with Gasteiger partial charge in [-0.1, -0.05) is 0 Å². The van der Waals surface area contributed by atoms with Gasteiger partial charge < -0.3 is 4.74 Å². The summed E-state index contributed by atoms with van der Waals surface area (Å²) in [4.78, 5) is 0. The summed E-state index contributed by atoms with van der Waals surface area (Å²) in [5.74, 6) is 1.58. The minimum atomic E-state index is 0.571. The number of nitrogens with zero attached hydrogens (tertiary/aromatic N) is 2. The number of hydrogen-bond donors (Lipinski definition) is 1. The number of aromatic nitrogens is 3. The number of H-pyrrole nitrogens is 1. The third-order valence-electron chi connectivity index (χ3n) is 2.23. The third-order valence-corrected chi connectivity index (χ3v) is 3.16. The van der Waals surface area contributed by atoms with Crippen molar-refractivity contribution < 1.29 is 4.74 Å². The molecular weight excluding hydrogens is 290 g/mol. The van der Waals surface area contributed by atoms with E-state index in [1.165, 1.54) is 0 Å². The lowest BCUT2D eigenvalue weighted by atomic mass is 10.3. The fourth-order valence-electron chi connectivity index (χ4n) is 1.47. The van der Waals surface area contributed by atoms with Gasteiger partial charge in [-0.05, 0) is 47.2 Å². The van der Waals surface area contributed by atoms with Crippen LogP contribution in [0.15, 0.2) is 22.7 Å². The first kappa shape index (κ1) is 11.3. The number of methoxy groups -OCH3 is 1. The molecule has 0 amide bonds. The van der Waals surface area contributed by atoms with E-state index < -0.39 is 0 Å². The van der Waals surface area contributed by atoms with E-state index in [1.807, 2.05) is 29.7 Å². The van der Waals surface area contributed by atoms with Gasteiger partial charge in [-0.15, -0.1) is 0 Å². The second-order valence-electron chi connectivity index (χ2n) is 3.23. The Kier molecular flexibility index (Phi) is 3.11. The summed E-state index contributed by atoms with van der Waals surface area (Å²) in [6.07, 6.45) is 0. The van der Waals surface area contributed by atoms with Crippen molar-refractivity contribution in [3.63, 3.8) is 0 Å². The molecule has 0 saturated heterocycles. The van der Waals surface area contributed by atoms with E-state index in [2.05, 4.69) is 26.1 Å². The quantitative estimate of drug-likeness (QED) is 0.867. The molecule has 0 bridgehead atoms. The summed E-state index contributed by atoms with van der Waals surface area (Å²) in [6, 6.07) is 5.77. The van der Waals surface area contributed by atoms with Crippen LogP contribution in [0, 0.1) is 11.7 Å². The molecule has 0 aliphatic carbocycles. The van der Waals surface area contributed by atoms with Crippen molar-refractivity contribution in [2.45, 2.75) is 6.92 Å². The number of benzene rings is 1. The molecular formula is C10H10BrN3OS. The molecule has 4 nitrogen and oxygen atoms in total. The molecule has 2 rings (SSSR count). The van der Waals surface area contributed by atoms with Crippen molar-refractivity contribution in [1.82, 2.24) is 14.8 Å². The Morgan fingerprint density at radius 2 is 2.25 bits per heavy atom. The maximum Gasteiger partial charge on any atom is 0.199 e. The Hall–Kier alpha value is -1.14. The van der Waals surface area contributed by atoms with Crippen molar-refractivity contribution in [2.24, 2.45) is 0 Å². The molecule has 1 aromatic heterocycles. The number of ether oxygens (including phenoxy) is 1. The van der Waals surface area contributed by atoms with Crippen LogP contribution in [0.4, 0.5) is 0 Å². The zero-order valence-electron chi connectivity index (χ0n) is 8.82. The lowest BCUT2D eigenvalue weighted by molar-refractivity contribution is 0.412. The standard InChI is InChI=1S/C10H10BrN3OS/c1-6-12-13-10(16)14(6)7-3-4-8(11)9(5-7)15-2/h3-5H,1-2H3,(H,13,16). The number of rotatable bonds is 2. The number of aromatic amines is 1. The monoisotopic (exact) mass is 299 g/mol. The van der Waals surface area contributed by atoms with E-state index in [1.54, 1.807) is 7.11 Å². The van der Waals surface area contributed by atoms with Gasteiger partial charge in [0.05, 0.1) is 17.3 Å². The molecule has 0 saturated carbocycles. The molecule has 0 radical (unpaired) electrons. The Labute approximate surface area is 106 Å². The van der Waals surface area contributed by atoms with E-state index >= 15 is 0 Å². The molecule has 2 aromatic rings. The fourth-order valence-corrected chi connectivity index (χ4v) is 2.16. The molecule has 0 atom stereocenters.